The number of anilines is 1. The molecule has 2 aliphatic rings. The molecule has 3 aromatic heterocycles. The van der Waals surface area contributed by atoms with Gasteiger partial charge in [0.2, 0.25) is 11.8 Å². The van der Waals surface area contributed by atoms with E-state index < -0.39 is 0 Å². The van der Waals surface area contributed by atoms with Gasteiger partial charge in [0, 0.05) is 48.3 Å². The highest BCUT2D eigenvalue weighted by Crippen LogP contribution is 2.41. The minimum atomic E-state index is -0.377. The molecule has 0 unspecified atom stereocenters. The summed E-state index contributed by atoms with van der Waals surface area (Å²) in [4.78, 5) is 29.5. The number of aromatic nitrogens is 5. The fraction of sp³-hybridized carbons (Fsp3) is 0.393. The number of amides is 2. The van der Waals surface area contributed by atoms with Gasteiger partial charge >= 0.3 is 0 Å². The molecular weight excluding hydrogens is 498 g/mol. The Morgan fingerprint density at radius 3 is 2.72 bits per heavy atom. The first-order valence-electron chi connectivity index (χ1n) is 13.1. The summed E-state index contributed by atoms with van der Waals surface area (Å²) in [6.07, 6.45) is 8.71. The molecule has 1 aromatic carbocycles. The maximum Gasteiger partial charge on any atom is 0.245 e. The molecule has 4 aromatic rings. The van der Waals surface area contributed by atoms with Crippen molar-refractivity contribution in [1.82, 2.24) is 29.9 Å². The molecule has 2 N–H and O–H groups in total. The molecule has 1 saturated heterocycles. The summed E-state index contributed by atoms with van der Waals surface area (Å²) in [7, 11) is 5.13. The van der Waals surface area contributed by atoms with Gasteiger partial charge in [-0.15, -0.1) is 0 Å². The van der Waals surface area contributed by atoms with Crippen LogP contribution < -0.4 is 15.4 Å². The van der Waals surface area contributed by atoms with Gasteiger partial charge in [-0.05, 0) is 37.8 Å². The minimum Gasteiger partial charge on any atom is -0.495 e. The van der Waals surface area contributed by atoms with Crippen LogP contribution >= 0.6 is 0 Å². The van der Waals surface area contributed by atoms with Crippen molar-refractivity contribution in [3.8, 4) is 28.1 Å². The third-order valence-corrected chi connectivity index (χ3v) is 7.45. The van der Waals surface area contributed by atoms with Crippen molar-refractivity contribution in [2.45, 2.75) is 37.8 Å². The first-order chi connectivity index (χ1) is 19.0. The number of benzene rings is 1. The lowest BCUT2D eigenvalue weighted by atomic mass is 9.99. The van der Waals surface area contributed by atoms with E-state index in [4.69, 9.17) is 14.6 Å². The molecule has 1 saturated carbocycles. The Balaban J connectivity index is 1.34. The molecule has 11 heteroatoms. The van der Waals surface area contributed by atoms with Crippen molar-refractivity contribution in [3.05, 3.63) is 42.9 Å². The predicted octanol–water partition coefficient (Wildman–Crippen LogP) is 3.32. The predicted molar refractivity (Wildman–Crippen MR) is 145 cm³/mol. The number of ether oxygens (including phenoxy) is 2. The molecule has 1 aliphatic carbocycles. The number of nitrogens with one attached hydrogen (secondary N) is 2. The number of fused-ring (bicyclic) bond motifs is 1. The van der Waals surface area contributed by atoms with Gasteiger partial charge in [-0.25, -0.2) is 4.98 Å². The van der Waals surface area contributed by atoms with Gasteiger partial charge in [-0.1, -0.05) is 12.1 Å². The monoisotopic (exact) mass is 529 g/mol. The third-order valence-electron chi connectivity index (χ3n) is 7.45. The molecular formula is C28H31N7O4. The van der Waals surface area contributed by atoms with Crippen LogP contribution in [-0.4, -0.2) is 63.2 Å². The summed E-state index contributed by atoms with van der Waals surface area (Å²) in [6.45, 7) is 0.499. The molecule has 2 atom stereocenters. The zero-order valence-electron chi connectivity index (χ0n) is 22.2. The second-order valence-corrected chi connectivity index (χ2v) is 10.2. The molecule has 6 rings (SSSR count). The second-order valence-electron chi connectivity index (χ2n) is 10.2. The molecule has 4 heterocycles. The van der Waals surface area contributed by atoms with Gasteiger partial charge in [0.1, 0.15) is 23.3 Å². The number of pyridine rings is 1. The fourth-order valence-corrected chi connectivity index (χ4v) is 5.25. The Bertz CT molecular complexity index is 1550. The average Bonchev–Trinajstić information content (AvgIpc) is 3.60. The number of hydrogen-bond donors (Lipinski definition) is 2. The van der Waals surface area contributed by atoms with Crippen LogP contribution in [0.2, 0.25) is 0 Å². The Labute approximate surface area is 225 Å². The highest BCUT2D eigenvalue weighted by Gasteiger charge is 2.31. The number of carbonyl (C=O) groups excluding carboxylic acids is 2. The van der Waals surface area contributed by atoms with Crippen molar-refractivity contribution < 1.29 is 19.1 Å². The van der Waals surface area contributed by atoms with Crippen LogP contribution in [0.25, 0.3) is 33.3 Å². The van der Waals surface area contributed by atoms with E-state index in [1.54, 1.807) is 36.0 Å². The van der Waals surface area contributed by atoms with Gasteiger partial charge in [-0.3, -0.25) is 19.0 Å². The number of piperidine rings is 1. The van der Waals surface area contributed by atoms with E-state index in [9.17, 15) is 9.59 Å². The molecule has 2 fully saturated rings. The molecule has 1 aliphatic heterocycles. The summed E-state index contributed by atoms with van der Waals surface area (Å²) < 4.78 is 14.6. The van der Waals surface area contributed by atoms with Gasteiger partial charge in [0.05, 0.1) is 37.7 Å². The zero-order valence-corrected chi connectivity index (χ0v) is 22.2. The Kier molecular flexibility index (Phi) is 6.51. The minimum absolute atomic E-state index is 0.00439. The van der Waals surface area contributed by atoms with E-state index >= 15 is 0 Å². The summed E-state index contributed by atoms with van der Waals surface area (Å²) in [6, 6.07) is 7.38. The van der Waals surface area contributed by atoms with E-state index in [-0.39, 0.29) is 29.8 Å². The zero-order chi connectivity index (χ0) is 27.1. The number of methoxy groups -OCH3 is 2. The number of hydrogen-bond acceptors (Lipinski definition) is 7. The lowest BCUT2D eigenvalue weighted by Gasteiger charge is -2.28. The lowest BCUT2D eigenvalue weighted by Crippen LogP contribution is -2.46. The van der Waals surface area contributed by atoms with Crippen LogP contribution in [0, 0.1) is 5.92 Å². The standard InChI is InChI=1S/C28H31N7O4/c1-34-23-13-29-24(32-27(36)16-7-8-16)11-21(23)25(33-34)20-6-4-5-19(26(20)39-3)17-12-30-35(14-17)22-10-9-18(15-38-2)31-28(22)37/h4-6,11-14,16,18,22H,7-10,15H2,1-3H3,(H,31,37)(H,29,32,36)/t18-,22-/m1/s1. The van der Waals surface area contributed by atoms with Crippen LogP contribution in [0.3, 0.4) is 0 Å². The number of para-hydroxylation sites is 1. The van der Waals surface area contributed by atoms with Crippen molar-refractivity contribution in [1.29, 1.82) is 0 Å². The van der Waals surface area contributed by atoms with E-state index in [0.29, 0.717) is 24.6 Å². The van der Waals surface area contributed by atoms with Crippen molar-refractivity contribution in [3.63, 3.8) is 0 Å². The van der Waals surface area contributed by atoms with Crippen LogP contribution in [0.5, 0.6) is 5.75 Å². The van der Waals surface area contributed by atoms with Crippen LogP contribution in [0.4, 0.5) is 5.82 Å². The van der Waals surface area contributed by atoms with Crippen molar-refractivity contribution in [2.75, 3.05) is 26.1 Å². The summed E-state index contributed by atoms with van der Waals surface area (Å²) in [5.41, 5.74) is 4.03. The maximum atomic E-state index is 12.8. The topological polar surface area (TPSA) is 125 Å². The fourth-order valence-electron chi connectivity index (χ4n) is 5.25. The number of carbonyl (C=O) groups is 2. The smallest absolute Gasteiger partial charge is 0.245 e. The maximum absolute atomic E-state index is 12.8. The highest BCUT2D eigenvalue weighted by atomic mass is 16.5. The van der Waals surface area contributed by atoms with Gasteiger partial charge in [-0.2, -0.15) is 10.2 Å². The summed E-state index contributed by atoms with van der Waals surface area (Å²) >= 11 is 0. The van der Waals surface area contributed by atoms with Crippen LogP contribution in [0.15, 0.2) is 42.9 Å². The number of nitrogens with zero attached hydrogens (tertiary/aromatic N) is 5. The summed E-state index contributed by atoms with van der Waals surface area (Å²) in [5.74, 6) is 1.18. The Morgan fingerprint density at radius 1 is 1.15 bits per heavy atom. The Morgan fingerprint density at radius 2 is 1.97 bits per heavy atom. The summed E-state index contributed by atoms with van der Waals surface area (Å²) in [5, 5.41) is 16.1. The van der Waals surface area contributed by atoms with Gasteiger partial charge < -0.3 is 20.1 Å². The SMILES string of the molecule is COC[C@H]1CC[C@@H](n2cc(-c3cccc(-c4nn(C)c5cnc(NC(=O)C6CC6)cc45)c3OC)cn2)C(=O)N1. The normalized spacial score (nSPS) is 19.2. The van der Waals surface area contributed by atoms with E-state index in [1.165, 1.54) is 0 Å². The number of rotatable bonds is 8. The first-order valence-corrected chi connectivity index (χ1v) is 13.1. The molecule has 11 nitrogen and oxygen atoms in total. The molecule has 0 spiro atoms. The largest absolute Gasteiger partial charge is 0.495 e. The van der Waals surface area contributed by atoms with E-state index in [1.807, 2.05) is 37.5 Å². The average molecular weight is 530 g/mol. The quantitative estimate of drug-likeness (QED) is 0.359. The Hall–Kier alpha value is -4.25. The van der Waals surface area contributed by atoms with Crippen molar-refractivity contribution in [2.24, 2.45) is 13.0 Å². The van der Waals surface area contributed by atoms with E-state index in [0.717, 1.165) is 52.5 Å². The highest BCUT2D eigenvalue weighted by molar-refractivity contribution is 6.00. The lowest BCUT2D eigenvalue weighted by molar-refractivity contribution is -0.128. The molecule has 2 amide bonds. The second kappa shape index (κ2) is 10.1. The molecule has 0 radical (unpaired) electrons. The van der Waals surface area contributed by atoms with Crippen LogP contribution in [-0.2, 0) is 21.4 Å². The van der Waals surface area contributed by atoms with E-state index in [2.05, 4.69) is 20.7 Å². The molecule has 39 heavy (non-hydrogen) atoms. The molecule has 202 valence electrons. The van der Waals surface area contributed by atoms with Gasteiger partial charge in [0.25, 0.3) is 0 Å². The van der Waals surface area contributed by atoms with Gasteiger partial charge in [0.15, 0.2) is 0 Å². The third kappa shape index (κ3) is 4.74. The first kappa shape index (κ1) is 25.1. The van der Waals surface area contributed by atoms with Crippen molar-refractivity contribution >= 4 is 28.5 Å². The van der Waals surface area contributed by atoms with Crippen LogP contribution in [0.1, 0.15) is 31.7 Å². The number of aryl methyl sites for hydroxylation is 1. The molecule has 0 bridgehead atoms.